The molecule has 0 bridgehead atoms. The lowest BCUT2D eigenvalue weighted by atomic mass is 10.1. The third-order valence-corrected chi connectivity index (χ3v) is 6.52. The molecule has 2 amide bonds. The van der Waals surface area contributed by atoms with Gasteiger partial charge < -0.3 is 15.0 Å². The lowest BCUT2D eigenvalue weighted by molar-refractivity contribution is -0.140. The van der Waals surface area contributed by atoms with Gasteiger partial charge in [0.15, 0.2) is 0 Å². The highest BCUT2D eigenvalue weighted by Crippen LogP contribution is 2.23. The zero-order valence-electron chi connectivity index (χ0n) is 19.9. The Morgan fingerprint density at radius 1 is 1.06 bits per heavy atom. The van der Waals surface area contributed by atoms with Crippen LogP contribution in [0, 0.1) is 6.92 Å². The molecular weight excluding hydrogens is 442 g/mol. The quantitative estimate of drug-likeness (QED) is 0.539. The van der Waals surface area contributed by atoms with E-state index < -0.39 is 28.5 Å². The number of hydrogen-bond acceptors (Lipinski definition) is 5. The third kappa shape index (κ3) is 6.95. The standard InChI is InChI=1S/C24H33N3O5S/c1-6-22(24(29)25-7-2)26(16-19-11-9-8-10-18(19)3)23(28)17-27(33(5,30)31)20-12-14-21(32-4)15-13-20/h8-15,22H,6-7,16-17H2,1-5H3,(H,25,29)/t22-/m1/s1. The molecule has 9 heteroatoms. The molecule has 180 valence electrons. The topological polar surface area (TPSA) is 96.0 Å². The minimum atomic E-state index is -3.77. The highest BCUT2D eigenvalue weighted by atomic mass is 32.2. The first-order valence-corrected chi connectivity index (χ1v) is 12.7. The SMILES string of the molecule is CCNC(=O)[C@@H](CC)N(Cc1ccccc1C)C(=O)CN(c1ccc(OC)cc1)S(C)(=O)=O. The molecule has 0 radical (unpaired) electrons. The number of carbonyl (C=O) groups is 2. The molecule has 0 unspecified atom stereocenters. The summed E-state index contributed by atoms with van der Waals surface area (Å²) in [6, 6.07) is 13.3. The van der Waals surface area contributed by atoms with E-state index in [1.807, 2.05) is 45.0 Å². The van der Waals surface area contributed by atoms with Crippen LogP contribution in [0.3, 0.4) is 0 Å². The van der Waals surface area contributed by atoms with Gasteiger partial charge in [-0.3, -0.25) is 13.9 Å². The van der Waals surface area contributed by atoms with Crippen LogP contribution in [0.2, 0.25) is 0 Å². The van der Waals surface area contributed by atoms with Gasteiger partial charge in [0.25, 0.3) is 0 Å². The molecule has 0 saturated carbocycles. The molecule has 0 heterocycles. The fraction of sp³-hybridized carbons (Fsp3) is 0.417. The van der Waals surface area contributed by atoms with Crippen molar-refractivity contribution in [3.63, 3.8) is 0 Å². The summed E-state index contributed by atoms with van der Waals surface area (Å²) in [4.78, 5) is 27.8. The molecule has 0 aliphatic carbocycles. The van der Waals surface area contributed by atoms with Crippen LogP contribution in [0.5, 0.6) is 5.75 Å². The fourth-order valence-electron chi connectivity index (χ4n) is 3.54. The largest absolute Gasteiger partial charge is 0.497 e. The van der Waals surface area contributed by atoms with Crippen molar-refractivity contribution in [1.29, 1.82) is 0 Å². The van der Waals surface area contributed by atoms with E-state index in [1.54, 1.807) is 24.3 Å². The van der Waals surface area contributed by atoms with Crippen molar-refractivity contribution in [1.82, 2.24) is 10.2 Å². The van der Waals surface area contributed by atoms with Gasteiger partial charge in [-0.05, 0) is 55.7 Å². The Bertz CT molecular complexity index is 1050. The number of methoxy groups -OCH3 is 1. The Labute approximate surface area is 196 Å². The summed E-state index contributed by atoms with van der Waals surface area (Å²) in [6.45, 7) is 5.78. The number of benzene rings is 2. The van der Waals surface area contributed by atoms with Gasteiger partial charge in [-0.25, -0.2) is 8.42 Å². The van der Waals surface area contributed by atoms with Crippen molar-refractivity contribution in [2.24, 2.45) is 0 Å². The average Bonchev–Trinajstić information content (AvgIpc) is 2.78. The van der Waals surface area contributed by atoms with E-state index in [4.69, 9.17) is 4.74 Å². The highest BCUT2D eigenvalue weighted by molar-refractivity contribution is 7.92. The lowest BCUT2D eigenvalue weighted by Gasteiger charge is -2.33. The van der Waals surface area contributed by atoms with E-state index in [9.17, 15) is 18.0 Å². The first-order valence-electron chi connectivity index (χ1n) is 10.9. The number of likely N-dealkylation sites (N-methyl/N-ethyl adjacent to an activating group) is 1. The van der Waals surface area contributed by atoms with Crippen molar-refractivity contribution in [3.05, 3.63) is 59.7 Å². The molecule has 2 aromatic rings. The summed E-state index contributed by atoms with van der Waals surface area (Å²) >= 11 is 0. The number of nitrogens with zero attached hydrogens (tertiary/aromatic N) is 2. The molecular formula is C24H33N3O5S. The number of amides is 2. The van der Waals surface area contributed by atoms with Crippen LogP contribution in [0.4, 0.5) is 5.69 Å². The number of rotatable bonds is 11. The highest BCUT2D eigenvalue weighted by Gasteiger charge is 2.31. The zero-order valence-corrected chi connectivity index (χ0v) is 20.7. The zero-order chi connectivity index (χ0) is 24.6. The van der Waals surface area contributed by atoms with Crippen LogP contribution in [-0.4, -0.2) is 57.6 Å². The van der Waals surface area contributed by atoms with E-state index in [0.717, 1.165) is 21.7 Å². The molecule has 1 N–H and O–H groups in total. The summed E-state index contributed by atoms with van der Waals surface area (Å²) in [5.74, 6) is -0.156. The van der Waals surface area contributed by atoms with Gasteiger partial charge in [-0.2, -0.15) is 0 Å². The van der Waals surface area contributed by atoms with Crippen molar-refractivity contribution in [2.45, 2.75) is 39.8 Å². The Morgan fingerprint density at radius 3 is 2.21 bits per heavy atom. The van der Waals surface area contributed by atoms with Gasteiger partial charge in [0.2, 0.25) is 21.8 Å². The molecule has 2 aromatic carbocycles. The molecule has 0 spiro atoms. The van der Waals surface area contributed by atoms with Crippen LogP contribution in [0.1, 0.15) is 31.4 Å². The second-order valence-corrected chi connectivity index (χ2v) is 9.64. The van der Waals surface area contributed by atoms with Gasteiger partial charge in [0.05, 0.1) is 19.1 Å². The normalized spacial score (nSPS) is 12.0. The summed E-state index contributed by atoms with van der Waals surface area (Å²) in [5, 5.41) is 2.78. The van der Waals surface area contributed by atoms with Crippen molar-refractivity contribution in [2.75, 3.05) is 30.8 Å². The van der Waals surface area contributed by atoms with Crippen LogP contribution in [0.25, 0.3) is 0 Å². The number of ether oxygens (including phenoxy) is 1. The maximum atomic E-state index is 13.5. The van der Waals surface area contributed by atoms with Crippen molar-refractivity contribution < 1.29 is 22.7 Å². The van der Waals surface area contributed by atoms with Crippen LogP contribution in [-0.2, 0) is 26.2 Å². The van der Waals surface area contributed by atoms with Gasteiger partial charge >= 0.3 is 0 Å². The minimum Gasteiger partial charge on any atom is -0.497 e. The first-order chi connectivity index (χ1) is 15.6. The second-order valence-electron chi connectivity index (χ2n) is 7.73. The maximum absolute atomic E-state index is 13.5. The Balaban J connectivity index is 2.43. The van der Waals surface area contributed by atoms with Gasteiger partial charge in [0.1, 0.15) is 18.3 Å². The summed E-state index contributed by atoms with van der Waals surface area (Å²) in [6.07, 6.45) is 1.45. The second kappa shape index (κ2) is 11.7. The van der Waals surface area contributed by atoms with E-state index >= 15 is 0 Å². The Kier molecular flexibility index (Phi) is 9.28. The first kappa shape index (κ1) is 26.2. The monoisotopic (exact) mass is 475 g/mol. The number of hydrogen-bond donors (Lipinski definition) is 1. The summed E-state index contributed by atoms with van der Waals surface area (Å²) in [7, 11) is -2.25. The lowest BCUT2D eigenvalue weighted by Crippen LogP contribution is -2.52. The van der Waals surface area contributed by atoms with Crippen molar-refractivity contribution >= 4 is 27.5 Å². The summed E-state index contributed by atoms with van der Waals surface area (Å²) < 4.78 is 31.3. The Morgan fingerprint density at radius 2 is 1.70 bits per heavy atom. The minimum absolute atomic E-state index is 0.196. The van der Waals surface area contributed by atoms with Gasteiger partial charge in [0, 0.05) is 13.1 Å². The predicted octanol–water partition coefficient (Wildman–Crippen LogP) is 2.71. The molecule has 1 atom stereocenters. The maximum Gasteiger partial charge on any atom is 0.244 e. The molecule has 0 aliphatic heterocycles. The van der Waals surface area contributed by atoms with E-state index in [0.29, 0.717) is 24.4 Å². The smallest absolute Gasteiger partial charge is 0.244 e. The molecule has 8 nitrogen and oxygen atoms in total. The molecule has 0 saturated heterocycles. The number of aryl methyl sites for hydroxylation is 1. The van der Waals surface area contributed by atoms with E-state index in [-0.39, 0.29) is 12.5 Å². The van der Waals surface area contributed by atoms with E-state index in [1.165, 1.54) is 12.0 Å². The Hall–Kier alpha value is -3.07. The van der Waals surface area contributed by atoms with Gasteiger partial charge in [-0.1, -0.05) is 31.2 Å². The molecule has 33 heavy (non-hydrogen) atoms. The fourth-order valence-corrected chi connectivity index (χ4v) is 4.39. The number of carbonyl (C=O) groups excluding carboxylic acids is 2. The van der Waals surface area contributed by atoms with Gasteiger partial charge in [-0.15, -0.1) is 0 Å². The average molecular weight is 476 g/mol. The van der Waals surface area contributed by atoms with Crippen molar-refractivity contribution in [3.8, 4) is 5.75 Å². The summed E-state index contributed by atoms with van der Waals surface area (Å²) in [5.41, 5.74) is 2.22. The molecule has 0 aliphatic rings. The van der Waals surface area contributed by atoms with Crippen LogP contribution >= 0.6 is 0 Å². The third-order valence-electron chi connectivity index (χ3n) is 5.38. The number of anilines is 1. The van der Waals surface area contributed by atoms with Crippen LogP contribution in [0.15, 0.2) is 48.5 Å². The van der Waals surface area contributed by atoms with Crippen LogP contribution < -0.4 is 14.4 Å². The molecule has 0 aromatic heterocycles. The molecule has 2 rings (SSSR count). The number of sulfonamides is 1. The predicted molar refractivity (Wildman–Crippen MR) is 130 cm³/mol. The number of nitrogens with one attached hydrogen (secondary N) is 1. The van der Waals surface area contributed by atoms with E-state index in [2.05, 4.69) is 5.32 Å². The molecule has 0 fully saturated rings.